The number of hydrogen-bond donors (Lipinski definition) is 2. The van der Waals surface area contributed by atoms with E-state index in [1.165, 1.54) is 19.2 Å². The molecule has 11 heteroatoms. The highest BCUT2D eigenvalue weighted by molar-refractivity contribution is 6.14. The molecule has 4 aromatic rings. The monoisotopic (exact) mass is 568 g/mol. The topological polar surface area (TPSA) is 132 Å². The van der Waals surface area contributed by atoms with Crippen molar-refractivity contribution in [1.82, 2.24) is 14.8 Å². The normalized spacial score (nSPS) is 13.8. The van der Waals surface area contributed by atoms with Crippen molar-refractivity contribution in [1.29, 1.82) is 0 Å². The van der Waals surface area contributed by atoms with E-state index in [-0.39, 0.29) is 36.3 Å². The van der Waals surface area contributed by atoms with Crippen LogP contribution in [0.15, 0.2) is 82.9 Å². The van der Waals surface area contributed by atoms with Crippen LogP contribution >= 0.6 is 0 Å². The molecule has 11 nitrogen and oxygen atoms in total. The first-order valence-electron chi connectivity index (χ1n) is 13.0. The summed E-state index contributed by atoms with van der Waals surface area (Å²) < 4.78 is 17.7. The number of carbonyl (C=O) groups excluding carboxylic acids is 4. The molecular formula is C31H28N4O7. The lowest BCUT2D eigenvalue weighted by Gasteiger charge is -2.12. The summed E-state index contributed by atoms with van der Waals surface area (Å²) in [6.45, 7) is 3.58. The molecule has 0 atom stereocenters. The number of furan rings is 1. The van der Waals surface area contributed by atoms with Gasteiger partial charge >= 0.3 is 12.0 Å². The van der Waals surface area contributed by atoms with E-state index in [2.05, 4.69) is 15.4 Å². The molecule has 214 valence electrons. The van der Waals surface area contributed by atoms with Crippen LogP contribution in [0.4, 0.5) is 10.5 Å². The van der Waals surface area contributed by atoms with Crippen molar-refractivity contribution < 1.29 is 33.1 Å². The highest BCUT2D eigenvalue weighted by atomic mass is 16.5. The van der Waals surface area contributed by atoms with Crippen LogP contribution < -0.4 is 15.4 Å². The fraction of sp³-hybridized carbons (Fsp3) is 0.161. The first-order valence-corrected chi connectivity index (χ1v) is 13.0. The highest BCUT2D eigenvalue weighted by Crippen LogP contribution is 2.26. The molecule has 1 aliphatic rings. The Labute approximate surface area is 241 Å². The van der Waals surface area contributed by atoms with Gasteiger partial charge in [-0.25, -0.2) is 9.59 Å². The van der Waals surface area contributed by atoms with E-state index in [4.69, 9.17) is 9.15 Å². The van der Waals surface area contributed by atoms with Crippen LogP contribution in [0, 0.1) is 13.8 Å². The van der Waals surface area contributed by atoms with E-state index in [9.17, 15) is 19.2 Å². The number of amides is 4. The molecule has 2 aromatic carbocycles. The molecule has 0 spiro atoms. The lowest BCUT2D eigenvalue weighted by molar-refractivity contribution is -0.123. The summed E-state index contributed by atoms with van der Waals surface area (Å²) in [6.07, 6.45) is 1.63. The molecule has 0 bridgehead atoms. The maximum Gasteiger partial charge on any atom is 0.373 e. The van der Waals surface area contributed by atoms with E-state index in [1.54, 1.807) is 30.3 Å². The van der Waals surface area contributed by atoms with Gasteiger partial charge in [-0.15, -0.1) is 0 Å². The number of nitrogens with zero attached hydrogens (tertiary/aromatic N) is 2. The number of hydrogen-bond acceptors (Lipinski definition) is 7. The Hall–Kier alpha value is -5.58. The molecule has 1 aliphatic heterocycles. The molecule has 0 saturated carbocycles. The minimum absolute atomic E-state index is 0.0177. The van der Waals surface area contributed by atoms with Gasteiger partial charge in [0.05, 0.1) is 13.7 Å². The molecule has 1 saturated heterocycles. The Kier molecular flexibility index (Phi) is 7.91. The smallest absolute Gasteiger partial charge is 0.373 e. The van der Waals surface area contributed by atoms with Gasteiger partial charge in [-0.2, -0.15) is 0 Å². The summed E-state index contributed by atoms with van der Waals surface area (Å²) in [6, 6.07) is 20.7. The fourth-order valence-corrected chi connectivity index (χ4v) is 4.59. The van der Waals surface area contributed by atoms with Crippen LogP contribution in [0.2, 0.25) is 0 Å². The zero-order chi connectivity index (χ0) is 29.8. The third-order valence-corrected chi connectivity index (χ3v) is 6.62. The number of aromatic nitrogens is 1. The molecule has 0 unspecified atom stereocenters. The number of carbonyl (C=O) groups is 4. The minimum atomic E-state index is -0.650. The zero-order valence-corrected chi connectivity index (χ0v) is 23.2. The number of urea groups is 1. The molecule has 0 aliphatic carbocycles. The van der Waals surface area contributed by atoms with Crippen LogP contribution in [0.1, 0.15) is 33.3 Å². The maximum absolute atomic E-state index is 13.0. The molecule has 0 radical (unpaired) electrons. The van der Waals surface area contributed by atoms with E-state index in [0.29, 0.717) is 11.4 Å². The number of nitrogens with one attached hydrogen (secondary N) is 2. The number of ether oxygens (including phenoxy) is 2. The van der Waals surface area contributed by atoms with Gasteiger partial charge in [-0.05, 0) is 80.1 Å². The van der Waals surface area contributed by atoms with Crippen molar-refractivity contribution >= 4 is 35.6 Å². The van der Waals surface area contributed by atoms with Gasteiger partial charge in [-0.1, -0.05) is 18.2 Å². The summed E-state index contributed by atoms with van der Waals surface area (Å²) in [5.74, 6) is -0.636. The quantitative estimate of drug-likeness (QED) is 0.172. The Morgan fingerprint density at radius 2 is 1.74 bits per heavy atom. The average Bonchev–Trinajstić information content (AvgIpc) is 3.65. The second kappa shape index (κ2) is 11.9. The predicted octanol–water partition coefficient (Wildman–Crippen LogP) is 4.58. The Morgan fingerprint density at radius 1 is 1.00 bits per heavy atom. The number of rotatable bonds is 9. The number of benzene rings is 2. The van der Waals surface area contributed by atoms with Crippen LogP contribution in [-0.2, 0) is 20.9 Å². The molecule has 42 heavy (non-hydrogen) atoms. The Bertz CT molecular complexity index is 1680. The standard InChI is InChI=1S/C31H28N4O7/c1-19-15-21(16-26-29(37)34(31(39)33-26)17-25-13-14-27(42-25)30(38)40-3)20(2)35(19)23-9-11-24(12-10-23)41-18-28(36)32-22-7-5-4-6-8-22/h4-16H,17-18H2,1-3H3,(H,32,36)(H,33,39)/b26-16-. The summed E-state index contributed by atoms with van der Waals surface area (Å²) in [4.78, 5) is 50.4. The van der Waals surface area contributed by atoms with Gasteiger partial charge in [0.2, 0.25) is 5.76 Å². The van der Waals surface area contributed by atoms with Crippen molar-refractivity contribution in [2.45, 2.75) is 20.4 Å². The largest absolute Gasteiger partial charge is 0.484 e. The number of para-hydroxylation sites is 1. The van der Waals surface area contributed by atoms with Crippen molar-refractivity contribution in [3.8, 4) is 11.4 Å². The Morgan fingerprint density at radius 3 is 2.45 bits per heavy atom. The molecule has 5 rings (SSSR count). The lowest BCUT2D eigenvalue weighted by Crippen LogP contribution is -2.30. The number of esters is 1. The predicted molar refractivity (Wildman–Crippen MR) is 153 cm³/mol. The summed E-state index contributed by atoms with van der Waals surface area (Å²) in [5.41, 5.74) is 4.20. The molecule has 1 fully saturated rings. The third-order valence-electron chi connectivity index (χ3n) is 6.62. The first-order chi connectivity index (χ1) is 20.2. The second-order valence-corrected chi connectivity index (χ2v) is 9.50. The fourth-order valence-electron chi connectivity index (χ4n) is 4.59. The molecule has 4 amide bonds. The summed E-state index contributed by atoms with van der Waals surface area (Å²) >= 11 is 0. The average molecular weight is 569 g/mol. The highest BCUT2D eigenvalue weighted by Gasteiger charge is 2.34. The van der Waals surface area contributed by atoms with Crippen molar-refractivity contribution in [2.75, 3.05) is 19.0 Å². The van der Waals surface area contributed by atoms with Crippen molar-refractivity contribution in [2.24, 2.45) is 0 Å². The maximum atomic E-state index is 13.0. The van der Waals surface area contributed by atoms with E-state index >= 15 is 0 Å². The minimum Gasteiger partial charge on any atom is -0.484 e. The first kappa shape index (κ1) is 28.0. The SMILES string of the molecule is COC(=O)c1ccc(CN2C(=O)N/C(=C\c3cc(C)n(-c4ccc(OCC(=O)Nc5ccccc5)cc4)c3C)C2=O)o1. The van der Waals surface area contributed by atoms with Gasteiger partial charge in [0.25, 0.3) is 11.8 Å². The van der Waals surface area contributed by atoms with E-state index < -0.39 is 17.9 Å². The van der Waals surface area contributed by atoms with Crippen molar-refractivity contribution in [3.05, 3.63) is 107 Å². The zero-order valence-electron chi connectivity index (χ0n) is 23.2. The number of imide groups is 1. The van der Waals surface area contributed by atoms with Crippen LogP contribution in [0.3, 0.4) is 0 Å². The van der Waals surface area contributed by atoms with Crippen molar-refractivity contribution in [3.63, 3.8) is 0 Å². The van der Waals surface area contributed by atoms with Gasteiger partial charge in [0, 0.05) is 22.8 Å². The lowest BCUT2D eigenvalue weighted by atomic mass is 10.2. The van der Waals surface area contributed by atoms with Gasteiger partial charge in [0.15, 0.2) is 6.61 Å². The van der Waals surface area contributed by atoms with Gasteiger partial charge in [0.1, 0.15) is 17.2 Å². The van der Waals surface area contributed by atoms with Crippen LogP contribution in [0.5, 0.6) is 5.75 Å². The summed E-state index contributed by atoms with van der Waals surface area (Å²) in [7, 11) is 1.23. The number of aryl methyl sites for hydroxylation is 1. The van der Waals surface area contributed by atoms with E-state index in [0.717, 1.165) is 27.5 Å². The molecular weight excluding hydrogens is 540 g/mol. The van der Waals surface area contributed by atoms with Crippen LogP contribution in [0.25, 0.3) is 11.8 Å². The molecule has 2 aromatic heterocycles. The second-order valence-electron chi connectivity index (χ2n) is 9.50. The van der Waals surface area contributed by atoms with E-state index in [1.807, 2.05) is 54.8 Å². The molecule has 3 heterocycles. The third kappa shape index (κ3) is 5.94. The molecule has 2 N–H and O–H groups in total. The number of anilines is 1. The van der Waals surface area contributed by atoms with Gasteiger partial charge < -0.3 is 29.1 Å². The number of methoxy groups -OCH3 is 1. The van der Waals surface area contributed by atoms with Gasteiger partial charge in [-0.3, -0.25) is 14.5 Å². The van der Waals surface area contributed by atoms with Crippen LogP contribution in [-0.4, -0.2) is 47.0 Å². The Balaban J connectivity index is 1.25. The summed E-state index contributed by atoms with van der Waals surface area (Å²) in [5, 5.41) is 5.39.